The molecule has 0 atom stereocenters. The predicted octanol–water partition coefficient (Wildman–Crippen LogP) is 3.51. The van der Waals surface area contributed by atoms with Crippen LogP contribution >= 0.6 is 22.9 Å². The van der Waals surface area contributed by atoms with E-state index >= 15 is 0 Å². The molecule has 1 fully saturated rings. The van der Waals surface area contributed by atoms with Crippen molar-refractivity contribution in [2.24, 2.45) is 0 Å². The molecule has 0 spiro atoms. The third-order valence-electron chi connectivity index (χ3n) is 3.14. The van der Waals surface area contributed by atoms with Gasteiger partial charge in [-0.3, -0.25) is 10.9 Å². The highest BCUT2D eigenvalue weighted by Gasteiger charge is 2.15. The molecule has 0 radical (unpaired) electrons. The lowest BCUT2D eigenvalue weighted by Gasteiger charge is -2.23. The molecule has 0 unspecified atom stereocenters. The molecule has 0 aromatic carbocycles. The number of hydrogen-bond acceptors (Lipinski definition) is 3. The summed E-state index contributed by atoms with van der Waals surface area (Å²) in [5.41, 5.74) is 6.03. The average Bonchev–Trinajstić information content (AvgIpc) is 2.84. The Bertz CT molecular complexity index is 454. The lowest BCUT2D eigenvalue weighted by Crippen LogP contribution is -2.47. The molecule has 3 N–H and O–H groups in total. The maximum absolute atomic E-state index is 11.7. The molecule has 19 heavy (non-hydrogen) atoms. The minimum atomic E-state index is -0.212. The second-order valence-corrected chi connectivity index (χ2v) is 6.36. The number of amides is 2. The predicted molar refractivity (Wildman–Crippen MR) is 80.0 cm³/mol. The first kappa shape index (κ1) is 14.2. The molecule has 6 heteroatoms. The summed E-state index contributed by atoms with van der Waals surface area (Å²) >= 11 is 7.26. The maximum Gasteiger partial charge on any atom is 0.333 e. The van der Waals surface area contributed by atoms with Crippen LogP contribution in [0.25, 0.3) is 5.70 Å². The molecule has 1 aliphatic rings. The SMILES string of the molecule is C=C(NNC(=O)NC1CCCCC1)c1ccc(Cl)s1. The fourth-order valence-electron chi connectivity index (χ4n) is 2.14. The highest BCUT2D eigenvalue weighted by atomic mass is 35.5. The molecule has 0 aliphatic heterocycles. The summed E-state index contributed by atoms with van der Waals surface area (Å²) in [6, 6.07) is 3.75. The summed E-state index contributed by atoms with van der Waals surface area (Å²) in [6.07, 6.45) is 5.79. The van der Waals surface area contributed by atoms with Crippen LogP contribution in [0, 0.1) is 0 Å². The van der Waals surface area contributed by atoms with Gasteiger partial charge in [0.1, 0.15) is 0 Å². The molecule has 1 heterocycles. The molecule has 104 valence electrons. The number of hydrogen-bond donors (Lipinski definition) is 3. The molecular formula is C13H18ClN3OS. The molecule has 1 saturated carbocycles. The number of carbonyl (C=O) groups is 1. The number of urea groups is 1. The Balaban J connectivity index is 1.72. The number of halogens is 1. The van der Waals surface area contributed by atoms with Gasteiger partial charge in [-0.2, -0.15) is 0 Å². The minimum Gasteiger partial charge on any atom is -0.334 e. The third-order valence-corrected chi connectivity index (χ3v) is 4.43. The monoisotopic (exact) mass is 299 g/mol. The second kappa shape index (κ2) is 6.82. The van der Waals surface area contributed by atoms with E-state index in [1.807, 2.05) is 6.07 Å². The van der Waals surface area contributed by atoms with Crippen LogP contribution in [0.4, 0.5) is 4.79 Å². The highest BCUT2D eigenvalue weighted by molar-refractivity contribution is 7.17. The summed E-state index contributed by atoms with van der Waals surface area (Å²) in [6.45, 7) is 3.86. The summed E-state index contributed by atoms with van der Waals surface area (Å²) in [7, 11) is 0. The maximum atomic E-state index is 11.7. The smallest absolute Gasteiger partial charge is 0.333 e. The molecule has 0 saturated heterocycles. The van der Waals surface area contributed by atoms with Gasteiger partial charge in [0, 0.05) is 6.04 Å². The van der Waals surface area contributed by atoms with Gasteiger partial charge in [0.25, 0.3) is 0 Å². The largest absolute Gasteiger partial charge is 0.334 e. The first-order valence-electron chi connectivity index (χ1n) is 6.42. The van der Waals surface area contributed by atoms with E-state index < -0.39 is 0 Å². The first-order valence-corrected chi connectivity index (χ1v) is 7.62. The Kier molecular flexibility index (Phi) is 5.10. The zero-order chi connectivity index (χ0) is 13.7. The number of carbonyl (C=O) groups excluding carboxylic acids is 1. The third kappa shape index (κ3) is 4.44. The van der Waals surface area contributed by atoms with Gasteiger partial charge in [0.15, 0.2) is 0 Å². The summed E-state index contributed by atoms with van der Waals surface area (Å²) < 4.78 is 0.699. The number of nitrogens with one attached hydrogen (secondary N) is 3. The van der Waals surface area contributed by atoms with Gasteiger partial charge in [-0.15, -0.1) is 11.3 Å². The van der Waals surface area contributed by atoms with Crippen LogP contribution in [0.2, 0.25) is 4.34 Å². The van der Waals surface area contributed by atoms with Crippen molar-refractivity contribution in [1.29, 1.82) is 0 Å². The minimum absolute atomic E-state index is 0.212. The normalized spacial score (nSPS) is 15.8. The Hall–Kier alpha value is -1.20. The van der Waals surface area contributed by atoms with Crippen LogP contribution in [0.3, 0.4) is 0 Å². The van der Waals surface area contributed by atoms with E-state index in [0.29, 0.717) is 16.1 Å². The first-order chi connectivity index (χ1) is 9.15. The van der Waals surface area contributed by atoms with Gasteiger partial charge in [0.2, 0.25) is 0 Å². The molecule has 0 bridgehead atoms. The Morgan fingerprint density at radius 3 is 2.63 bits per heavy atom. The van der Waals surface area contributed by atoms with Gasteiger partial charge in [-0.1, -0.05) is 37.4 Å². The fraction of sp³-hybridized carbons (Fsp3) is 0.462. The van der Waals surface area contributed by atoms with Crippen molar-refractivity contribution >= 4 is 34.7 Å². The molecule has 1 aliphatic carbocycles. The van der Waals surface area contributed by atoms with Gasteiger partial charge in [0.05, 0.1) is 14.9 Å². The van der Waals surface area contributed by atoms with Crippen LogP contribution in [-0.2, 0) is 0 Å². The van der Waals surface area contributed by atoms with Gasteiger partial charge in [-0.05, 0) is 25.0 Å². The van der Waals surface area contributed by atoms with E-state index in [2.05, 4.69) is 22.7 Å². The molecular weight excluding hydrogens is 282 g/mol. The molecule has 2 rings (SSSR count). The van der Waals surface area contributed by atoms with Crippen LogP contribution in [0.5, 0.6) is 0 Å². The van der Waals surface area contributed by atoms with Crippen molar-refractivity contribution in [2.75, 3.05) is 0 Å². The van der Waals surface area contributed by atoms with E-state index in [1.54, 1.807) is 6.07 Å². The lowest BCUT2D eigenvalue weighted by molar-refractivity contribution is 0.230. The van der Waals surface area contributed by atoms with E-state index in [-0.39, 0.29) is 6.03 Å². The molecule has 1 aromatic heterocycles. The van der Waals surface area contributed by atoms with Gasteiger partial charge >= 0.3 is 6.03 Å². The van der Waals surface area contributed by atoms with Crippen molar-refractivity contribution in [3.05, 3.63) is 27.9 Å². The Morgan fingerprint density at radius 2 is 2.00 bits per heavy atom. The van der Waals surface area contributed by atoms with Crippen molar-refractivity contribution < 1.29 is 4.79 Å². The van der Waals surface area contributed by atoms with Gasteiger partial charge < -0.3 is 5.32 Å². The van der Waals surface area contributed by atoms with Crippen molar-refractivity contribution in [2.45, 2.75) is 38.1 Å². The summed E-state index contributed by atoms with van der Waals surface area (Å²) in [4.78, 5) is 12.6. The number of hydrazine groups is 1. The fourth-order valence-corrected chi connectivity index (χ4v) is 3.11. The van der Waals surface area contributed by atoms with E-state index in [9.17, 15) is 4.79 Å². The van der Waals surface area contributed by atoms with Crippen LogP contribution < -0.4 is 16.2 Å². The molecule has 4 nitrogen and oxygen atoms in total. The van der Waals surface area contributed by atoms with Crippen molar-refractivity contribution in [1.82, 2.24) is 16.2 Å². The van der Waals surface area contributed by atoms with Crippen LogP contribution in [-0.4, -0.2) is 12.1 Å². The number of thiophene rings is 1. The standard InChI is InChI=1S/C13H18ClN3OS/c1-9(11-7-8-12(14)19-11)16-17-13(18)15-10-5-3-2-4-6-10/h7-8,10,16H,1-6H2,(H2,15,17,18). The zero-order valence-electron chi connectivity index (χ0n) is 10.7. The van der Waals surface area contributed by atoms with Crippen LogP contribution in [0.1, 0.15) is 37.0 Å². The summed E-state index contributed by atoms with van der Waals surface area (Å²) in [5, 5.41) is 2.95. The van der Waals surface area contributed by atoms with Gasteiger partial charge in [-0.25, -0.2) is 4.79 Å². The van der Waals surface area contributed by atoms with E-state index in [4.69, 9.17) is 11.6 Å². The second-order valence-electron chi connectivity index (χ2n) is 4.64. The van der Waals surface area contributed by atoms with E-state index in [1.165, 1.54) is 30.6 Å². The Labute approximate surface area is 122 Å². The topological polar surface area (TPSA) is 53.2 Å². The molecule has 1 aromatic rings. The lowest BCUT2D eigenvalue weighted by atomic mass is 9.96. The van der Waals surface area contributed by atoms with Crippen LogP contribution in [0.15, 0.2) is 18.7 Å². The number of rotatable bonds is 4. The Morgan fingerprint density at radius 1 is 1.26 bits per heavy atom. The molecule has 2 amide bonds. The quantitative estimate of drug-likeness (QED) is 0.745. The van der Waals surface area contributed by atoms with Crippen molar-refractivity contribution in [3.8, 4) is 0 Å². The van der Waals surface area contributed by atoms with Crippen molar-refractivity contribution in [3.63, 3.8) is 0 Å². The zero-order valence-corrected chi connectivity index (χ0v) is 12.2. The highest BCUT2D eigenvalue weighted by Crippen LogP contribution is 2.25. The average molecular weight is 300 g/mol. The van der Waals surface area contributed by atoms with E-state index in [0.717, 1.165) is 17.7 Å². The summed E-state index contributed by atoms with van der Waals surface area (Å²) in [5.74, 6) is 0.